The highest BCUT2D eigenvalue weighted by Gasteiger charge is 2.34. The maximum atomic E-state index is 12.8. The number of aromatic nitrogens is 3. The van der Waals surface area contributed by atoms with E-state index in [0.29, 0.717) is 29.4 Å². The molecule has 2 aromatic rings. The van der Waals surface area contributed by atoms with Crippen LogP contribution in [0.5, 0.6) is 0 Å². The van der Waals surface area contributed by atoms with E-state index in [1.807, 2.05) is 0 Å². The third kappa shape index (κ3) is 3.81. The van der Waals surface area contributed by atoms with E-state index in [1.54, 1.807) is 19.1 Å². The highest BCUT2D eigenvalue weighted by Crippen LogP contribution is 2.36. The summed E-state index contributed by atoms with van der Waals surface area (Å²) < 4.78 is 6.98. The second-order valence-electron chi connectivity index (χ2n) is 6.29. The predicted octanol–water partition coefficient (Wildman–Crippen LogP) is 3.21. The topological polar surface area (TPSA) is 112 Å². The Morgan fingerprint density at radius 3 is 2.96 bits per heavy atom. The van der Waals surface area contributed by atoms with Gasteiger partial charge >= 0.3 is 5.97 Å². The van der Waals surface area contributed by atoms with Gasteiger partial charge in [-0.05, 0) is 18.9 Å². The van der Waals surface area contributed by atoms with Crippen molar-refractivity contribution < 1.29 is 14.5 Å². The Morgan fingerprint density at radius 1 is 1.41 bits per heavy atom. The summed E-state index contributed by atoms with van der Waals surface area (Å²) in [7, 11) is 0. The molecule has 1 aromatic heterocycles. The zero-order chi connectivity index (χ0) is 19.4. The van der Waals surface area contributed by atoms with E-state index in [4.69, 9.17) is 4.74 Å². The number of nitro groups is 1. The van der Waals surface area contributed by atoms with Gasteiger partial charge in [-0.25, -0.2) is 9.48 Å². The number of esters is 1. The SMILES string of the molecule is CCCCCOC(=O)C1=C(C)Nc2ncnn2[C@H]1c1cccc([N+](=O)[O-])c1. The number of nitrogens with zero attached hydrogens (tertiary/aromatic N) is 4. The fraction of sp³-hybridized carbons (Fsp3) is 0.389. The van der Waals surface area contributed by atoms with Crippen molar-refractivity contribution in [2.45, 2.75) is 39.2 Å². The lowest BCUT2D eigenvalue weighted by molar-refractivity contribution is -0.384. The molecule has 9 nitrogen and oxygen atoms in total. The first kappa shape index (κ1) is 18.6. The zero-order valence-electron chi connectivity index (χ0n) is 15.2. The fourth-order valence-electron chi connectivity index (χ4n) is 3.07. The van der Waals surface area contributed by atoms with Gasteiger partial charge in [0.15, 0.2) is 0 Å². The molecule has 1 aliphatic rings. The van der Waals surface area contributed by atoms with E-state index >= 15 is 0 Å². The number of anilines is 1. The van der Waals surface area contributed by atoms with Gasteiger partial charge in [-0.15, -0.1) is 0 Å². The Labute approximate surface area is 156 Å². The monoisotopic (exact) mass is 371 g/mol. The molecule has 2 heterocycles. The number of benzene rings is 1. The minimum absolute atomic E-state index is 0.0546. The number of nitro benzene ring substituents is 1. The van der Waals surface area contributed by atoms with Gasteiger partial charge < -0.3 is 10.1 Å². The first-order valence-corrected chi connectivity index (χ1v) is 8.81. The molecule has 9 heteroatoms. The molecule has 0 aliphatic carbocycles. The summed E-state index contributed by atoms with van der Waals surface area (Å²) in [6.07, 6.45) is 4.16. The number of carbonyl (C=O) groups excluding carboxylic acids is 1. The third-order valence-corrected chi connectivity index (χ3v) is 4.39. The zero-order valence-corrected chi connectivity index (χ0v) is 15.2. The highest BCUT2D eigenvalue weighted by atomic mass is 16.6. The minimum atomic E-state index is -0.651. The first-order valence-electron chi connectivity index (χ1n) is 8.81. The normalized spacial score (nSPS) is 15.9. The molecule has 1 aromatic carbocycles. The molecule has 0 radical (unpaired) electrons. The van der Waals surface area contributed by atoms with Gasteiger partial charge in [0.2, 0.25) is 5.95 Å². The van der Waals surface area contributed by atoms with E-state index in [9.17, 15) is 14.9 Å². The van der Waals surface area contributed by atoms with Gasteiger partial charge in [0.05, 0.1) is 17.1 Å². The van der Waals surface area contributed by atoms with Gasteiger partial charge in [-0.2, -0.15) is 10.1 Å². The molecule has 0 unspecified atom stereocenters. The van der Waals surface area contributed by atoms with Crippen LogP contribution in [0.25, 0.3) is 0 Å². The molecule has 0 spiro atoms. The second kappa shape index (κ2) is 7.98. The van der Waals surface area contributed by atoms with Crippen LogP contribution in [0.15, 0.2) is 41.9 Å². The minimum Gasteiger partial charge on any atom is -0.462 e. The van der Waals surface area contributed by atoms with Crippen LogP contribution in [-0.4, -0.2) is 32.3 Å². The van der Waals surface area contributed by atoms with Crippen LogP contribution in [0.3, 0.4) is 0 Å². The van der Waals surface area contributed by atoms with Crippen LogP contribution in [0.1, 0.15) is 44.7 Å². The number of ether oxygens (including phenoxy) is 1. The first-order chi connectivity index (χ1) is 13.0. The van der Waals surface area contributed by atoms with Crippen molar-refractivity contribution in [3.05, 3.63) is 57.5 Å². The molecular weight excluding hydrogens is 350 g/mol. The molecule has 0 bridgehead atoms. The molecular formula is C18H21N5O4. The molecule has 1 atom stereocenters. The molecule has 3 rings (SSSR count). The molecule has 1 aliphatic heterocycles. The summed E-state index contributed by atoms with van der Waals surface area (Å²) >= 11 is 0. The summed E-state index contributed by atoms with van der Waals surface area (Å²) in [6.45, 7) is 4.16. The largest absolute Gasteiger partial charge is 0.462 e. The maximum absolute atomic E-state index is 12.8. The van der Waals surface area contributed by atoms with E-state index in [2.05, 4.69) is 22.3 Å². The number of rotatable bonds is 7. The summed E-state index contributed by atoms with van der Waals surface area (Å²) in [5, 5.41) is 18.4. The highest BCUT2D eigenvalue weighted by molar-refractivity contribution is 5.92. The van der Waals surface area contributed by atoms with Gasteiger partial charge in [0.1, 0.15) is 12.4 Å². The molecule has 0 saturated carbocycles. The number of hydrogen-bond acceptors (Lipinski definition) is 7. The Balaban J connectivity index is 1.98. The molecule has 0 fully saturated rings. The van der Waals surface area contributed by atoms with Crippen LogP contribution in [0.4, 0.5) is 11.6 Å². The Bertz CT molecular complexity index is 889. The molecule has 0 saturated heterocycles. The van der Waals surface area contributed by atoms with Crippen molar-refractivity contribution in [2.24, 2.45) is 0 Å². The Kier molecular flexibility index (Phi) is 5.49. The summed E-state index contributed by atoms with van der Waals surface area (Å²) in [5.74, 6) is 0.000276. The van der Waals surface area contributed by atoms with E-state index in [0.717, 1.165) is 19.3 Å². The lowest BCUT2D eigenvalue weighted by atomic mass is 9.95. The number of unbranched alkanes of at least 4 members (excludes halogenated alkanes) is 2. The number of hydrogen-bond donors (Lipinski definition) is 1. The van der Waals surface area contributed by atoms with Crippen LogP contribution in [0, 0.1) is 10.1 Å². The van der Waals surface area contributed by atoms with Crippen molar-refractivity contribution in [2.75, 3.05) is 11.9 Å². The molecule has 27 heavy (non-hydrogen) atoms. The van der Waals surface area contributed by atoms with Gasteiger partial charge in [0.25, 0.3) is 5.69 Å². The maximum Gasteiger partial charge on any atom is 0.338 e. The van der Waals surface area contributed by atoms with E-state index in [-0.39, 0.29) is 5.69 Å². The summed E-state index contributed by atoms with van der Waals surface area (Å²) in [4.78, 5) is 27.6. The smallest absolute Gasteiger partial charge is 0.338 e. The number of non-ortho nitro benzene ring substituents is 1. The van der Waals surface area contributed by atoms with Crippen molar-refractivity contribution in [1.82, 2.24) is 14.8 Å². The van der Waals surface area contributed by atoms with Crippen molar-refractivity contribution >= 4 is 17.6 Å². The number of nitrogens with one attached hydrogen (secondary N) is 1. The van der Waals surface area contributed by atoms with Gasteiger partial charge in [0, 0.05) is 17.8 Å². The average Bonchev–Trinajstić information content (AvgIpc) is 3.11. The van der Waals surface area contributed by atoms with Crippen molar-refractivity contribution in [1.29, 1.82) is 0 Å². The van der Waals surface area contributed by atoms with Crippen LogP contribution < -0.4 is 5.32 Å². The van der Waals surface area contributed by atoms with Crippen molar-refractivity contribution in [3.63, 3.8) is 0 Å². The third-order valence-electron chi connectivity index (χ3n) is 4.39. The average molecular weight is 371 g/mol. The molecule has 0 amide bonds. The molecule has 1 N–H and O–H groups in total. The van der Waals surface area contributed by atoms with Crippen LogP contribution in [0.2, 0.25) is 0 Å². The predicted molar refractivity (Wildman–Crippen MR) is 98.1 cm³/mol. The van der Waals surface area contributed by atoms with E-state index < -0.39 is 16.9 Å². The van der Waals surface area contributed by atoms with E-state index in [1.165, 1.54) is 23.1 Å². The van der Waals surface area contributed by atoms with Crippen molar-refractivity contribution in [3.8, 4) is 0 Å². The standard InChI is InChI=1S/C18H21N5O4/c1-3-4-5-9-27-17(24)15-12(2)21-18-19-11-20-22(18)16(15)13-7-6-8-14(10-13)23(25)26/h6-8,10-11,16H,3-5,9H2,1-2H3,(H,19,20,21)/t16-/m0/s1. The number of carbonyl (C=O) groups is 1. The lowest BCUT2D eigenvalue weighted by Gasteiger charge is -2.28. The number of fused-ring (bicyclic) bond motifs is 1. The number of allylic oxidation sites excluding steroid dienone is 1. The van der Waals surface area contributed by atoms with Crippen LogP contribution >= 0.6 is 0 Å². The summed E-state index contributed by atoms with van der Waals surface area (Å²) in [6, 6.07) is 5.52. The Hall–Kier alpha value is -3.23. The summed E-state index contributed by atoms with van der Waals surface area (Å²) in [5.41, 5.74) is 1.47. The van der Waals surface area contributed by atoms with Gasteiger partial charge in [-0.1, -0.05) is 31.9 Å². The van der Waals surface area contributed by atoms with Crippen LogP contribution in [-0.2, 0) is 9.53 Å². The fourth-order valence-corrected chi connectivity index (χ4v) is 3.07. The quantitative estimate of drug-likeness (QED) is 0.344. The Morgan fingerprint density at radius 2 is 2.22 bits per heavy atom. The lowest BCUT2D eigenvalue weighted by Crippen LogP contribution is -2.29. The second-order valence-corrected chi connectivity index (χ2v) is 6.29. The molecule has 142 valence electrons. The van der Waals surface area contributed by atoms with Gasteiger partial charge in [-0.3, -0.25) is 10.1 Å².